The molecule has 0 unspecified atom stereocenters. The molecule has 84 valence electrons. The van der Waals surface area contributed by atoms with Crippen molar-refractivity contribution in [3.8, 4) is 0 Å². The molecule has 2 atom stereocenters. The van der Waals surface area contributed by atoms with E-state index in [9.17, 15) is 14.4 Å². The van der Waals surface area contributed by atoms with Gasteiger partial charge >= 0.3 is 5.97 Å². The van der Waals surface area contributed by atoms with Crippen molar-refractivity contribution in [1.29, 1.82) is 0 Å². The third-order valence-corrected chi connectivity index (χ3v) is 2.73. The molecule has 0 spiro atoms. The van der Waals surface area contributed by atoms with E-state index in [1.807, 2.05) is 0 Å². The second kappa shape index (κ2) is 5.05. The highest BCUT2D eigenvalue weighted by Crippen LogP contribution is 2.29. The van der Waals surface area contributed by atoms with Gasteiger partial charge in [0, 0.05) is 12.3 Å². The van der Waals surface area contributed by atoms with Crippen LogP contribution in [0.2, 0.25) is 0 Å². The van der Waals surface area contributed by atoms with Crippen LogP contribution in [0.3, 0.4) is 0 Å². The molecule has 1 fully saturated rings. The minimum Gasteiger partial charge on any atom is -0.465 e. The van der Waals surface area contributed by atoms with Gasteiger partial charge in [0.05, 0.1) is 6.61 Å². The molecular weight excluding hydrogens is 196 g/mol. The van der Waals surface area contributed by atoms with Gasteiger partial charge in [0.2, 0.25) is 0 Å². The number of carbonyl (C=O) groups excluding carboxylic acids is 3. The lowest BCUT2D eigenvalue weighted by atomic mass is 9.87. The first-order chi connectivity index (χ1) is 7.07. The fourth-order valence-electron chi connectivity index (χ4n) is 2.04. The number of ether oxygens (including phenoxy) is 1. The molecule has 1 aliphatic carbocycles. The van der Waals surface area contributed by atoms with E-state index in [0.29, 0.717) is 12.8 Å². The predicted molar refractivity (Wildman–Crippen MR) is 53.2 cm³/mol. The van der Waals surface area contributed by atoms with E-state index in [2.05, 4.69) is 0 Å². The van der Waals surface area contributed by atoms with Crippen LogP contribution in [0.25, 0.3) is 0 Å². The number of hydrogen-bond acceptors (Lipinski definition) is 4. The standard InChI is InChI=1S/C11H16O4/c1-3-15-11(14)10(7(2)12)8-5-4-6-9(8)13/h8,10H,3-6H2,1-2H3/t8-,10+/m0/s1. The molecule has 0 N–H and O–H groups in total. The van der Waals surface area contributed by atoms with Crippen molar-refractivity contribution in [2.45, 2.75) is 33.1 Å². The molecule has 0 aromatic rings. The highest BCUT2D eigenvalue weighted by molar-refractivity contribution is 6.03. The van der Waals surface area contributed by atoms with Gasteiger partial charge in [-0.1, -0.05) is 0 Å². The maximum absolute atomic E-state index is 11.5. The molecule has 15 heavy (non-hydrogen) atoms. The van der Waals surface area contributed by atoms with Gasteiger partial charge in [-0.15, -0.1) is 0 Å². The maximum Gasteiger partial charge on any atom is 0.317 e. The normalized spacial score (nSPS) is 22.5. The summed E-state index contributed by atoms with van der Waals surface area (Å²) >= 11 is 0. The first kappa shape index (κ1) is 11.9. The van der Waals surface area contributed by atoms with Crippen LogP contribution in [-0.2, 0) is 19.1 Å². The molecule has 0 aliphatic heterocycles. The number of rotatable bonds is 4. The first-order valence-electron chi connectivity index (χ1n) is 5.27. The minimum absolute atomic E-state index is 0.0169. The first-order valence-corrected chi connectivity index (χ1v) is 5.27. The number of Topliss-reactive ketones (excluding diaryl/α,β-unsaturated/α-hetero) is 2. The Morgan fingerprint density at radius 3 is 2.60 bits per heavy atom. The Balaban J connectivity index is 2.77. The Labute approximate surface area is 89.0 Å². The molecular formula is C11H16O4. The predicted octanol–water partition coefficient (Wildman–Crippen LogP) is 1.12. The molecule has 1 aliphatic rings. The Morgan fingerprint density at radius 2 is 2.20 bits per heavy atom. The molecule has 4 heteroatoms. The smallest absolute Gasteiger partial charge is 0.317 e. The highest BCUT2D eigenvalue weighted by atomic mass is 16.5. The van der Waals surface area contributed by atoms with Crippen molar-refractivity contribution in [1.82, 2.24) is 0 Å². The zero-order valence-electron chi connectivity index (χ0n) is 9.12. The Hall–Kier alpha value is -1.19. The summed E-state index contributed by atoms with van der Waals surface area (Å²) in [4.78, 5) is 34.3. The van der Waals surface area contributed by atoms with Gasteiger partial charge in [0.25, 0.3) is 0 Å². The molecule has 0 radical (unpaired) electrons. The van der Waals surface area contributed by atoms with Crippen molar-refractivity contribution >= 4 is 17.5 Å². The summed E-state index contributed by atoms with van der Waals surface area (Å²) < 4.78 is 4.81. The lowest BCUT2D eigenvalue weighted by Crippen LogP contribution is -2.33. The fourth-order valence-corrected chi connectivity index (χ4v) is 2.04. The largest absolute Gasteiger partial charge is 0.465 e. The van der Waals surface area contributed by atoms with Crippen molar-refractivity contribution < 1.29 is 19.1 Å². The average molecular weight is 212 g/mol. The lowest BCUT2D eigenvalue weighted by Gasteiger charge is -2.17. The summed E-state index contributed by atoms with van der Waals surface area (Å²) in [6, 6.07) is 0. The number of carbonyl (C=O) groups is 3. The third-order valence-electron chi connectivity index (χ3n) is 2.73. The van der Waals surface area contributed by atoms with Crippen LogP contribution in [0, 0.1) is 11.8 Å². The van der Waals surface area contributed by atoms with Crippen LogP contribution in [0.4, 0.5) is 0 Å². The van der Waals surface area contributed by atoms with Crippen LogP contribution < -0.4 is 0 Å². The summed E-state index contributed by atoms with van der Waals surface area (Å²) in [5.74, 6) is -2.12. The monoisotopic (exact) mass is 212 g/mol. The number of hydrogen-bond donors (Lipinski definition) is 0. The molecule has 0 amide bonds. The van der Waals surface area contributed by atoms with E-state index in [1.54, 1.807) is 6.92 Å². The van der Waals surface area contributed by atoms with E-state index in [0.717, 1.165) is 6.42 Å². The summed E-state index contributed by atoms with van der Waals surface area (Å²) in [7, 11) is 0. The van der Waals surface area contributed by atoms with E-state index in [4.69, 9.17) is 4.74 Å². The van der Waals surface area contributed by atoms with Gasteiger partial charge < -0.3 is 4.74 Å². The highest BCUT2D eigenvalue weighted by Gasteiger charge is 2.40. The van der Waals surface area contributed by atoms with Gasteiger partial charge in [-0.05, 0) is 26.7 Å². The Morgan fingerprint density at radius 1 is 1.53 bits per heavy atom. The third kappa shape index (κ3) is 2.64. The summed E-state index contributed by atoms with van der Waals surface area (Å²) in [6.07, 6.45) is 1.88. The molecule has 0 aromatic heterocycles. The lowest BCUT2D eigenvalue weighted by molar-refractivity contribution is -0.155. The fraction of sp³-hybridized carbons (Fsp3) is 0.727. The van der Waals surface area contributed by atoms with Crippen molar-refractivity contribution in [3.63, 3.8) is 0 Å². The van der Waals surface area contributed by atoms with Gasteiger partial charge in [0.15, 0.2) is 0 Å². The van der Waals surface area contributed by atoms with Crippen molar-refractivity contribution in [2.24, 2.45) is 11.8 Å². The zero-order valence-corrected chi connectivity index (χ0v) is 9.12. The topological polar surface area (TPSA) is 60.4 Å². The van der Waals surface area contributed by atoms with E-state index >= 15 is 0 Å². The second-order valence-electron chi connectivity index (χ2n) is 3.81. The molecule has 0 saturated heterocycles. The maximum atomic E-state index is 11.5. The van der Waals surface area contributed by atoms with E-state index in [-0.39, 0.29) is 18.2 Å². The van der Waals surface area contributed by atoms with E-state index in [1.165, 1.54) is 6.92 Å². The van der Waals surface area contributed by atoms with Crippen molar-refractivity contribution in [2.75, 3.05) is 6.61 Å². The number of ketones is 2. The zero-order chi connectivity index (χ0) is 11.4. The second-order valence-corrected chi connectivity index (χ2v) is 3.81. The van der Waals surface area contributed by atoms with Crippen LogP contribution in [0.5, 0.6) is 0 Å². The van der Waals surface area contributed by atoms with Crippen LogP contribution in [0.1, 0.15) is 33.1 Å². The van der Waals surface area contributed by atoms with Gasteiger partial charge in [-0.3, -0.25) is 14.4 Å². The number of esters is 1. The molecule has 1 rings (SSSR count). The molecule has 0 bridgehead atoms. The molecule has 1 saturated carbocycles. The average Bonchev–Trinajstić information content (AvgIpc) is 2.52. The minimum atomic E-state index is -0.875. The molecule has 4 nitrogen and oxygen atoms in total. The Kier molecular flexibility index (Phi) is 4.00. The van der Waals surface area contributed by atoms with Gasteiger partial charge in [-0.2, -0.15) is 0 Å². The van der Waals surface area contributed by atoms with E-state index < -0.39 is 17.8 Å². The SMILES string of the molecule is CCOC(=O)[C@H](C(C)=O)[C@H]1CCCC1=O. The molecule has 0 aromatic carbocycles. The van der Waals surface area contributed by atoms with Crippen LogP contribution in [-0.4, -0.2) is 24.1 Å². The summed E-state index contributed by atoms with van der Waals surface area (Å²) in [5.41, 5.74) is 0. The quantitative estimate of drug-likeness (QED) is 0.517. The van der Waals surface area contributed by atoms with Gasteiger partial charge in [-0.25, -0.2) is 0 Å². The molecule has 0 heterocycles. The summed E-state index contributed by atoms with van der Waals surface area (Å²) in [6.45, 7) is 3.27. The van der Waals surface area contributed by atoms with Crippen LogP contribution in [0.15, 0.2) is 0 Å². The summed E-state index contributed by atoms with van der Waals surface area (Å²) in [5, 5.41) is 0. The van der Waals surface area contributed by atoms with Crippen LogP contribution >= 0.6 is 0 Å². The van der Waals surface area contributed by atoms with Gasteiger partial charge in [0.1, 0.15) is 17.5 Å². The van der Waals surface area contributed by atoms with Crippen molar-refractivity contribution in [3.05, 3.63) is 0 Å². The Bertz CT molecular complexity index is 282.